The number of nitrogens with zero attached hydrogens (tertiary/aromatic N) is 2. The second kappa shape index (κ2) is 7.94. The highest BCUT2D eigenvalue weighted by molar-refractivity contribution is 6.05. The Balaban J connectivity index is 1.66. The predicted octanol–water partition coefficient (Wildman–Crippen LogP) is 2.96. The number of carbonyl (C=O) groups is 2. The highest BCUT2D eigenvalue weighted by atomic mass is 19.1. The molecular formula is C23H19FN2O4. The van der Waals surface area contributed by atoms with Gasteiger partial charge in [0.1, 0.15) is 5.82 Å². The molecule has 1 aliphatic rings. The lowest BCUT2D eigenvalue weighted by Gasteiger charge is -2.29. The number of amides is 1. The van der Waals surface area contributed by atoms with Crippen LogP contribution in [0.4, 0.5) is 4.39 Å². The van der Waals surface area contributed by atoms with Crippen molar-refractivity contribution in [3.63, 3.8) is 0 Å². The van der Waals surface area contributed by atoms with Crippen molar-refractivity contribution in [3.8, 4) is 5.69 Å². The van der Waals surface area contributed by atoms with E-state index in [1.165, 1.54) is 35.9 Å². The Hall–Kier alpha value is -3.74. The molecule has 4 rings (SSSR count). The van der Waals surface area contributed by atoms with Gasteiger partial charge in [-0.25, -0.2) is 9.18 Å². The van der Waals surface area contributed by atoms with Gasteiger partial charge in [-0.3, -0.25) is 14.2 Å². The second-order valence-electron chi connectivity index (χ2n) is 7.02. The zero-order chi connectivity index (χ0) is 21.3. The summed E-state index contributed by atoms with van der Waals surface area (Å²) < 4.78 is 19.4. The van der Waals surface area contributed by atoms with E-state index in [9.17, 15) is 18.8 Å². The molecule has 1 aromatic heterocycles. The molecule has 0 bridgehead atoms. The SMILES string of the molecule is COC(=O)c1ccccc1C(=O)N1CCc2cc(=O)n(-c3ccc(F)cc3)cc2C1. The van der Waals surface area contributed by atoms with Crippen LogP contribution in [0.5, 0.6) is 0 Å². The van der Waals surface area contributed by atoms with E-state index in [0.29, 0.717) is 25.2 Å². The number of esters is 1. The number of methoxy groups -OCH3 is 1. The Morgan fingerprint density at radius 3 is 2.40 bits per heavy atom. The minimum atomic E-state index is -0.568. The number of halogens is 1. The second-order valence-corrected chi connectivity index (χ2v) is 7.02. The summed E-state index contributed by atoms with van der Waals surface area (Å²) in [5.74, 6) is -1.23. The number of pyridine rings is 1. The Labute approximate surface area is 172 Å². The first-order chi connectivity index (χ1) is 14.5. The van der Waals surface area contributed by atoms with E-state index in [4.69, 9.17) is 4.74 Å². The van der Waals surface area contributed by atoms with E-state index in [-0.39, 0.29) is 28.4 Å². The van der Waals surface area contributed by atoms with Gasteiger partial charge in [-0.15, -0.1) is 0 Å². The summed E-state index contributed by atoms with van der Waals surface area (Å²) in [4.78, 5) is 39.3. The van der Waals surface area contributed by atoms with Crippen LogP contribution in [0.15, 0.2) is 65.6 Å². The van der Waals surface area contributed by atoms with Gasteiger partial charge >= 0.3 is 5.97 Å². The molecule has 0 N–H and O–H groups in total. The molecule has 0 unspecified atom stereocenters. The normalized spacial score (nSPS) is 12.9. The van der Waals surface area contributed by atoms with Gasteiger partial charge in [-0.1, -0.05) is 12.1 Å². The average Bonchev–Trinajstić information content (AvgIpc) is 2.78. The molecule has 0 spiro atoms. The third-order valence-corrected chi connectivity index (χ3v) is 5.20. The molecule has 0 fully saturated rings. The van der Waals surface area contributed by atoms with Gasteiger partial charge < -0.3 is 9.64 Å². The minimum absolute atomic E-state index is 0.212. The van der Waals surface area contributed by atoms with Crippen molar-refractivity contribution in [1.82, 2.24) is 9.47 Å². The van der Waals surface area contributed by atoms with Crippen LogP contribution in [0, 0.1) is 5.82 Å². The number of carbonyl (C=O) groups excluding carboxylic acids is 2. The lowest BCUT2D eigenvalue weighted by Crippen LogP contribution is -2.38. The van der Waals surface area contributed by atoms with Gasteiger partial charge in [0.05, 0.1) is 18.2 Å². The number of ether oxygens (including phenoxy) is 1. The van der Waals surface area contributed by atoms with Crippen LogP contribution < -0.4 is 5.56 Å². The van der Waals surface area contributed by atoms with E-state index in [0.717, 1.165) is 11.1 Å². The Bertz CT molecular complexity index is 1180. The van der Waals surface area contributed by atoms with E-state index in [2.05, 4.69) is 0 Å². The van der Waals surface area contributed by atoms with E-state index in [1.807, 2.05) is 0 Å². The lowest BCUT2D eigenvalue weighted by molar-refractivity contribution is 0.0588. The van der Waals surface area contributed by atoms with Crippen molar-refractivity contribution in [2.75, 3.05) is 13.7 Å². The molecule has 6 nitrogen and oxygen atoms in total. The molecule has 0 radical (unpaired) electrons. The number of aromatic nitrogens is 1. The van der Waals surface area contributed by atoms with Crippen LogP contribution in [-0.4, -0.2) is 35.0 Å². The van der Waals surface area contributed by atoms with Gasteiger partial charge in [0, 0.05) is 31.0 Å². The monoisotopic (exact) mass is 406 g/mol. The third kappa shape index (κ3) is 3.61. The summed E-state index contributed by atoms with van der Waals surface area (Å²) in [7, 11) is 1.27. The van der Waals surface area contributed by atoms with Crippen LogP contribution in [-0.2, 0) is 17.7 Å². The summed E-state index contributed by atoms with van der Waals surface area (Å²) in [6.45, 7) is 0.729. The predicted molar refractivity (Wildman–Crippen MR) is 108 cm³/mol. The van der Waals surface area contributed by atoms with Crippen molar-refractivity contribution in [2.45, 2.75) is 13.0 Å². The molecule has 7 heteroatoms. The van der Waals surface area contributed by atoms with E-state index >= 15 is 0 Å². The zero-order valence-electron chi connectivity index (χ0n) is 16.3. The van der Waals surface area contributed by atoms with Crippen molar-refractivity contribution < 1.29 is 18.7 Å². The molecule has 3 aromatic rings. The van der Waals surface area contributed by atoms with Gasteiger partial charge in [-0.2, -0.15) is 0 Å². The fourth-order valence-electron chi connectivity index (χ4n) is 3.63. The number of hydrogen-bond donors (Lipinski definition) is 0. The fourth-order valence-corrected chi connectivity index (χ4v) is 3.63. The Morgan fingerprint density at radius 1 is 1.00 bits per heavy atom. The van der Waals surface area contributed by atoms with Crippen molar-refractivity contribution in [2.24, 2.45) is 0 Å². The van der Waals surface area contributed by atoms with Gasteiger partial charge in [0.2, 0.25) is 0 Å². The van der Waals surface area contributed by atoms with Crippen molar-refractivity contribution in [3.05, 3.63) is 99.2 Å². The molecular weight excluding hydrogens is 387 g/mol. The molecule has 0 aliphatic carbocycles. The summed E-state index contributed by atoms with van der Waals surface area (Å²) in [5.41, 5.74) is 2.53. The Kier molecular flexibility index (Phi) is 5.18. The van der Waals surface area contributed by atoms with Crippen LogP contribution >= 0.6 is 0 Å². The molecule has 0 saturated carbocycles. The van der Waals surface area contributed by atoms with Crippen LogP contribution in [0.25, 0.3) is 5.69 Å². The molecule has 1 amide bonds. The van der Waals surface area contributed by atoms with Crippen LogP contribution in [0.1, 0.15) is 31.8 Å². The summed E-state index contributed by atoms with van der Waals surface area (Å²) in [6.07, 6.45) is 2.22. The number of rotatable bonds is 3. The molecule has 1 aliphatic heterocycles. The quantitative estimate of drug-likeness (QED) is 0.627. The average molecular weight is 406 g/mol. The van der Waals surface area contributed by atoms with Crippen LogP contribution in [0.2, 0.25) is 0 Å². The maximum absolute atomic E-state index is 13.2. The zero-order valence-corrected chi connectivity index (χ0v) is 16.3. The van der Waals surface area contributed by atoms with E-state index < -0.39 is 5.97 Å². The fraction of sp³-hybridized carbons (Fsp3) is 0.174. The highest BCUT2D eigenvalue weighted by Gasteiger charge is 2.26. The molecule has 30 heavy (non-hydrogen) atoms. The summed E-state index contributed by atoms with van der Waals surface area (Å²) in [5, 5.41) is 0. The first-order valence-corrected chi connectivity index (χ1v) is 9.45. The minimum Gasteiger partial charge on any atom is -0.465 e. The van der Waals surface area contributed by atoms with Gasteiger partial charge in [0.15, 0.2) is 0 Å². The molecule has 152 valence electrons. The highest BCUT2D eigenvalue weighted by Crippen LogP contribution is 2.22. The van der Waals surface area contributed by atoms with Crippen molar-refractivity contribution >= 4 is 11.9 Å². The van der Waals surface area contributed by atoms with E-state index in [1.54, 1.807) is 41.4 Å². The standard InChI is InChI=1S/C23H19FN2O4/c1-30-23(29)20-5-3-2-4-19(20)22(28)25-11-10-15-12-21(27)26(14-16(15)13-25)18-8-6-17(24)7-9-18/h2-9,12,14H,10-11,13H2,1H3. The smallest absolute Gasteiger partial charge is 0.338 e. The molecule has 2 aromatic carbocycles. The third-order valence-electron chi connectivity index (χ3n) is 5.20. The van der Waals surface area contributed by atoms with Gasteiger partial charge in [0.25, 0.3) is 11.5 Å². The lowest BCUT2D eigenvalue weighted by atomic mass is 9.99. The van der Waals surface area contributed by atoms with Gasteiger partial charge in [-0.05, 0) is 53.9 Å². The molecule has 0 saturated heterocycles. The molecule has 2 heterocycles. The number of hydrogen-bond acceptors (Lipinski definition) is 4. The van der Waals surface area contributed by atoms with Crippen molar-refractivity contribution in [1.29, 1.82) is 0 Å². The van der Waals surface area contributed by atoms with Crippen LogP contribution in [0.3, 0.4) is 0 Å². The topological polar surface area (TPSA) is 68.6 Å². The molecule has 0 atom stereocenters. The maximum Gasteiger partial charge on any atom is 0.338 e. The largest absolute Gasteiger partial charge is 0.465 e. The first-order valence-electron chi connectivity index (χ1n) is 9.45. The summed E-state index contributed by atoms with van der Waals surface area (Å²) in [6, 6.07) is 13.7. The Morgan fingerprint density at radius 2 is 1.70 bits per heavy atom. The summed E-state index contributed by atoms with van der Waals surface area (Å²) >= 11 is 0. The number of fused-ring (bicyclic) bond motifs is 1. The maximum atomic E-state index is 13.2. The first kappa shape index (κ1) is 19.6. The number of benzene rings is 2.